The summed E-state index contributed by atoms with van der Waals surface area (Å²) in [5, 5.41) is 10.0. The molecule has 6 atom stereocenters. The summed E-state index contributed by atoms with van der Waals surface area (Å²) in [6.07, 6.45) is 14.4. The van der Waals surface area contributed by atoms with E-state index in [0.717, 1.165) is 30.6 Å². The van der Waals surface area contributed by atoms with E-state index in [2.05, 4.69) is 19.9 Å². The van der Waals surface area contributed by atoms with Crippen LogP contribution in [0.3, 0.4) is 0 Å². The molecule has 20 heavy (non-hydrogen) atoms. The monoisotopic (exact) mass is 274 g/mol. The number of allylic oxidation sites excluding steroid dienone is 2. The Bertz CT molecular complexity index is 439. The van der Waals surface area contributed by atoms with Crippen LogP contribution < -0.4 is 0 Å². The third-order valence-corrected chi connectivity index (χ3v) is 7.83. The highest BCUT2D eigenvalue weighted by Crippen LogP contribution is 2.64. The lowest BCUT2D eigenvalue weighted by Crippen LogP contribution is -2.48. The summed E-state index contributed by atoms with van der Waals surface area (Å²) < 4.78 is 0. The standard InChI is InChI=1S/C19H30O/c1-18-9-3-4-16(18)15-6-5-13-12-14(20)7-11-19(13,2)17(15)8-10-18/h6,13-14,16-17,20H,3-5,7-12H2,1-2H3/t13-,14+,16-,17-,18-,19-/m0/s1. The third-order valence-electron chi connectivity index (χ3n) is 7.83. The Labute approximate surface area is 123 Å². The van der Waals surface area contributed by atoms with Crippen LogP contribution in [-0.4, -0.2) is 11.2 Å². The predicted molar refractivity (Wildman–Crippen MR) is 82.3 cm³/mol. The Morgan fingerprint density at radius 3 is 2.75 bits per heavy atom. The Kier molecular flexibility index (Phi) is 2.91. The van der Waals surface area contributed by atoms with E-state index in [-0.39, 0.29) is 6.10 Å². The maximum absolute atomic E-state index is 10.0. The molecule has 4 aliphatic carbocycles. The van der Waals surface area contributed by atoms with Crippen molar-refractivity contribution in [3.63, 3.8) is 0 Å². The van der Waals surface area contributed by atoms with Gasteiger partial charge in [0.15, 0.2) is 0 Å². The van der Waals surface area contributed by atoms with E-state index in [1.807, 2.05) is 5.57 Å². The molecule has 0 aliphatic heterocycles. The predicted octanol–water partition coefficient (Wildman–Crippen LogP) is 4.70. The molecule has 0 amide bonds. The largest absolute Gasteiger partial charge is 0.393 e. The summed E-state index contributed by atoms with van der Waals surface area (Å²) >= 11 is 0. The highest BCUT2D eigenvalue weighted by Gasteiger charge is 2.54. The van der Waals surface area contributed by atoms with Crippen LogP contribution in [0.2, 0.25) is 0 Å². The van der Waals surface area contributed by atoms with Gasteiger partial charge in [0, 0.05) is 0 Å². The molecule has 0 saturated heterocycles. The van der Waals surface area contributed by atoms with Crippen LogP contribution in [0.1, 0.15) is 71.6 Å². The quantitative estimate of drug-likeness (QED) is 0.635. The lowest BCUT2D eigenvalue weighted by atomic mass is 9.48. The minimum atomic E-state index is -0.0247. The van der Waals surface area contributed by atoms with Crippen LogP contribution in [0.25, 0.3) is 0 Å². The van der Waals surface area contributed by atoms with Crippen LogP contribution in [-0.2, 0) is 0 Å². The third kappa shape index (κ3) is 1.71. The van der Waals surface area contributed by atoms with Crippen molar-refractivity contribution >= 4 is 0 Å². The summed E-state index contributed by atoms with van der Waals surface area (Å²) in [6, 6.07) is 0. The van der Waals surface area contributed by atoms with E-state index in [4.69, 9.17) is 0 Å². The molecule has 4 rings (SSSR count). The fourth-order valence-corrected chi connectivity index (χ4v) is 6.48. The highest BCUT2D eigenvalue weighted by molar-refractivity contribution is 5.26. The van der Waals surface area contributed by atoms with Gasteiger partial charge >= 0.3 is 0 Å². The van der Waals surface area contributed by atoms with Gasteiger partial charge in [-0.25, -0.2) is 0 Å². The first-order valence-electron chi connectivity index (χ1n) is 8.91. The first-order valence-corrected chi connectivity index (χ1v) is 8.91. The maximum Gasteiger partial charge on any atom is 0.0543 e. The van der Waals surface area contributed by atoms with Gasteiger partial charge in [-0.15, -0.1) is 0 Å². The lowest BCUT2D eigenvalue weighted by Gasteiger charge is -2.56. The second-order valence-electron chi connectivity index (χ2n) is 8.76. The van der Waals surface area contributed by atoms with Gasteiger partial charge in [0.2, 0.25) is 0 Å². The molecule has 0 bridgehead atoms. The van der Waals surface area contributed by atoms with Crippen molar-refractivity contribution in [2.45, 2.75) is 77.7 Å². The second-order valence-corrected chi connectivity index (χ2v) is 8.76. The van der Waals surface area contributed by atoms with E-state index >= 15 is 0 Å². The molecule has 0 unspecified atom stereocenters. The van der Waals surface area contributed by atoms with Crippen molar-refractivity contribution in [3.8, 4) is 0 Å². The molecule has 112 valence electrons. The Hall–Kier alpha value is -0.300. The second kappa shape index (κ2) is 4.35. The average molecular weight is 274 g/mol. The number of rotatable bonds is 0. The van der Waals surface area contributed by atoms with Crippen LogP contribution in [0, 0.1) is 28.6 Å². The zero-order valence-electron chi connectivity index (χ0n) is 13.2. The van der Waals surface area contributed by atoms with Crippen molar-refractivity contribution in [3.05, 3.63) is 11.6 Å². The van der Waals surface area contributed by atoms with Gasteiger partial charge < -0.3 is 5.11 Å². The Balaban J connectivity index is 1.69. The van der Waals surface area contributed by atoms with Crippen molar-refractivity contribution in [2.75, 3.05) is 0 Å². The molecule has 1 heteroatoms. The highest BCUT2D eigenvalue weighted by atomic mass is 16.3. The molecular weight excluding hydrogens is 244 g/mol. The zero-order chi connectivity index (χ0) is 14.0. The van der Waals surface area contributed by atoms with Gasteiger partial charge in [-0.1, -0.05) is 31.9 Å². The van der Waals surface area contributed by atoms with E-state index in [1.165, 1.54) is 44.9 Å². The van der Waals surface area contributed by atoms with Crippen LogP contribution >= 0.6 is 0 Å². The molecular formula is C19H30O. The smallest absolute Gasteiger partial charge is 0.0543 e. The van der Waals surface area contributed by atoms with Gasteiger partial charge in [-0.2, -0.15) is 0 Å². The molecule has 0 spiro atoms. The SMILES string of the molecule is C[C@@]12CCC[C@H]1C1=CC[C@H]3C[C@H](O)CC[C@]3(C)[C@H]1CC2. The van der Waals surface area contributed by atoms with E-state index < -0.39 is 0 Å². The molecule has 0 heterocycles. The first-order chi connectivity index (χ1) is 9.53. The number of fused-ring (bicyclic) bond motifs is 5. The number of hydrogen-bond acceptors (Lipinski definition) is 1. The van der Waals surface area contributed by atoms with Gasteiger partial charge in [-0.3, -0.25) is 0 Å². The van der Waals surface area contributed by atoms with E-state index in [9.17, 15) is 5.11 Å². The zero-order valence-corrected chi connectivity index (χ0v) is 13.2. The van der Waals surface area contributed by atoms with Gasteiger partial charge in [-0.05, 0) is 80.0 Å². The summed E-state index contributed by atoms with van der Waals surface area (Å²) in [6.45, 7) is 5.11. The van der Waals surface area contributed by atoms with E-state index in [1.54, 1.807) is 0 Å². The Morgan fingerprint density at radius 1 is 1.05 bits per heavy atom. The summed E-state index contributed by atoms with van der Waals surface area (Å²) in [5.41, 5.74) is 2.97. The molecule has 3 saturated carbocycles. The van der Waals surface area contributed by atoms with Crippen LogP contribution in [0.4, 0.5) is 0 Å². The molecule has 0 aromatic rings. The number of hydrogen-bond donors (Lipinski definition) is 1. The summed E-state index contributed by atoms with van der Waals surface area (Å²) in [7, 11) is 0. The molecule has 1 N–H and O–H groups in total. The van der Waals surface area contributed by atoms with Gasteiger partial charge in [0.1, 0.15) is 0 Å². The fourth-order valence-electron chi connectivity index (χ4n) is 6.48. The van der Waals surface area contributed by atoms with Gasteiger partial charge in [0.25, 0.3) is 0 Å². The maximum atomic E-state index is 10.0. The molecule has 0 radical (unpaired) electrons. The summed E-state index contributed by atoms with van der Waals surface area (Å²) in [4.78, 5) is 0. The minimum absolute atomic E-state index is 0.0247. The summed E-state index contributed by atoms with van der Waals surface area (Å²) in [5.74, 6) is 2.47. The van der Waals surface area contributed by atoms with Crippen LogP contribution in [0.5, 0.6) is 0 Å². The van der Waals surface area contributed by atoms with Crippen molar-refractivity contribution in [2.24, 2.45) is 28.6 Å². The first kappa shape index (κ1) is 13.4. The lowest BCUT2D eigenvalue weighted by molar-refractivity contribution is -0.0355. The Morgan fingerprint density at radius 2 is 1.90 bits per heavy atom. The molecule has 0 aromatic carbocycles. The minimum Gasteiger partial charge on any atom is -0.393 e. The fraction of sp³-hybridized carbons (Fsp3) is 0.895. The van der Waals surface area contributed by atoms with Crippen molar-refractivity contribution in [1.82, 2.24) is 0 Å². The van der Waals surface area contributed by atoms with Crippen molar-refractivity contribution in [1.29, 1.82) is 0 Å². The van der Waals surface area contributed by atoms with Crippen LogP contribution in [0.15, 0.2) is 11.6 Å². The average Bonchev–Trinajstić information content (AvgIpc) is 2.81. The van der Waals surface area contributed by atoms with Gasteiger partial charge in [0.05, 0.1) is 6.10 Å². The topological polar surface area (TPSA) is 20.2 Å². The van der Waals surface area contributed by atoms with Crippen molar-refractivity contribution < 1.29 is 5.11 Å². The number of aliphatic hydroxyl groups is 1. The normalized spacial score (nSPS) is 54.6. The van der Waals surface area contributed by atoms with E-state index in [0.29, 0.717) is 10.8 Å². The number of aliphatic hydroxyl groups excluding tert-OH is 1. The molecule has 1 nitrogen and oxygen atoms in total. The molecule has 0 aromatic heterocycles. The molecule has 4 aliphatic rings. The molecule has 3 fully saturated rings.